The molecule has 1 aromatic heterocycles. The topological polar surface area (TPSA) is 63.8 Å². The molecule has 0 aliphatic heterocycles. The summed E-state index contributed by atoms with van der Waals surface area (Å²) in [6, 6.07) is 0.505. The van der Waals surface area contributed by atoms with Gasteiger partial charge in [0.15, 0.2) is 0 Å². The van der Waals surface area contributed by atoms with E-state index in [0.717, 1.165) is 10.6 Å². The van der Waals surface area contributed by atoms with Crippen LogP contribution in [0.15, 0.2) is 4.90 Å². The maximum atomic E-state index is 6.03. The zero-order valence-electron chi connectivity index (χ0n) is 8.86. The molecular weight excluding hydrogens is 267 g/mol. The van der Waals surface area contributed by atoms with E-state index in [0.29, 0.717) is 23.0 Å². The normalized spacial score (nSPS) is 14.4. The summed E-state index contributed by atoms with van der Waals surface area (Å²) in [4.78, 5) is 9.14. The van der Waals surface area contributed by atoms with Crippen molar-refractivity contribution in [2.45, 2.75) is 30.7 Å². The smallest absolute Gasteiger partial charge is 0.226 e. The lowest BCUT2D eigenvalue weighted by Crippen LogP contribution is -2.08. The Morgan fingerprint density at radius 2 is 2.19 bits per heavy atom. The molecule has 4 nitrogen and oxygen atoms in total. The Bertz CT molecular complexity index is 348. The molecule has 1 fully saturated rings. The molecule has 90 valence electrons. The monoisotopic (exact) mass is 280 g/mol. The van der Waals surface area contributed by atoms with Crippen LogP contribution in [-0.4, -0.2) is 21.8 Å². The van der Waals surface area contributed by atoms with E-state index in [-0.39, 0.29) is 12.4 Å². The van der Waals surface area contributed by atoms with Gasteiger partial charge in [-0.3, -0.25) is 0 Å². The SMILES string of the molecule is CCSc1c(N)nc(NC2CC2)nc1Cl.Cl. The van der Waals surface area contributed by atoms with E-state index < -0.39 is 0 Å². The zero-order valence-corrected chi connectivity index (χ0v) is 11.3. The Kier molecular flexibility index (Phi) is 4.95. The summed E-state index contributed by atoms with van der Waals surface area (Å²) < 4.78 is 0. The molecule has 2 rings (SSSR count). The van der Waals surface area contributed by atoms with Gasteiger partial charge in [0.25, 0.3) is 0 Å². The van der Waals surface area contributed by atoms with Crippen LogP contribution >= 0.6 is 35.8 Å². The minimum atomic E-state index is 0. The van der Waals surface area contributed by atoms with Crippen molar-refractivity contribution in [1.82, 2.24) is 9.97 Å². The summed E-state index contributed by atoms with van der Waals surface area (Å²) in [5, 5.41) is 3.61. The number of anilines is 2. The molecule has 0 saturated heterocycles. The maximum absolute atomic E-state index is 6.03. The average Bonchev–Trinajstić information content (AvgIpc) is 2.95. The second-order valence-electron chi connectivity index (χ2n) is 3.40. The van der Waals surface area contributed by atoms with Crippen LogP contribution in [-0.2, 0) is 0 Å². The van der Waals surface area contributed by atoms with E-state index >= 15 is 0 Å². The average molecular weight is 281 g/mol. The lowest BCUT2D eigenvalue weighted by Gasteiger charge is -2.08. The maximum Gasteiger partial charge on any atom is 0.226 e. The van der Waals surface area contributed by atoms with E-state index in [1.165, 1.54) is 12.8 Å². The third-order valence-corrected chi connectivity index (χ3v) is 3.42. The fourth-order valence-electron chi connectivity index (χ4n) is 1.19. The highest BCUT2D eigenvalue weighted by molar-refractivity contribution is 7.99. The van der Waals surface area contributed by atoms with Crippen LogP contribution in [0.1, 0.15) is 19.8 Å². The first-order chi connectivity index (χ1) is 7.20. The lowest BCUT2D eigenvalue weighted by molar-refractivity contribution is 1.03. The number of halogens is 2. The minimum absolute atomic E-state index is 0. The van der Waals surface area contributed by atoms with Gasteiger partial charge in [-0.1, -0.05) is 18.5 Å². The molecule has 1 aliphatic rings. The van der Waals surface area contributed by atoms with E-state index in [1.54, 1.807) is 11.8 Å². The van der Waals surface area contributed by atoms with Gasteiger partial charge in [0.05, 0.1) is 4.90 Å². The van der Waals surface area contributed by atoms with Crippen LogP contribution in [0.3, 0.4) is 0 Å². The van der Waals surface area contributed by atoms with Gasteiger partial charge in [0.2, 0.25) is 5.95 Å². The van der Waals surface area contributed by atoms with E-state index in [9.17, 15) is 0 Å². The number of nitrogens with zero attached hydrogens (tertiary/aromatic N) is 2. The molecule has 16 heavy (non-hydrogen) atoms. The van der Waals surface area contributed by atoms with Gasteiger partial charge in [-0.15, -0.1) is 24.2 Å². The van der Waals surface area contributed by atoms with Crippen LogP contribution in [0.4, 0.5) is 11.8 Å². The first kappa shape index (κ1) is 13.7. The Morgan fingerprint density at radius 1 is 1.50 bits per heavy atom. The van der Waals surface area contributed by atoms with Crippen LogP contribution in [0.5, 0.6) is 0 Å². The summed E-state index contributed by atoms with van der Waals surface area (Å²) in [5.41, 5.74) is 5.81. The second-order valence-corrected chi connectivity index (χ2v) is 5.04. The van der Waals surface area contributed by atoms with E-state index in [1.807, 2.05) is 6.92 Å². The molecular formula is C9H14Cl2N4S. The number of nitrogens with two attached hydrogens (primary N) is 1. The van der Waals surface area contributed by atoms with Crippen LogP contribution in [0.2, 0.25) is 5.15 Å². The predicted octanol–water partition coefficient (Wildman–Crippen LogP) is 2.82. The highest BCUT2D eigenvalue weighted by atomic mass is 35.5. The molecule has 0 atom stereocenters. The molecule has 0 unspecified atom stereocenters. The molecule has 1 aromatic rings. The zero-order chi connectivity index (χ0) is 10.8. The molecule has 7 heteroatoms. The Balaban J connectivity index is 0.00000128. The Hall–Kier alpha value is -0.390. The molecule has 0 amide bonds. The first-order valence-electron chi connectivity index (χ1n) is 4.93. The number of aromatic nitrogens is 2. The van der Waals surface area contributed by atoms with Gasteiger partial charge in [0, 0.05) is 6.04 Å². The quantitative estimate of drug-likeness (QED) is 0.656. The van der Waals surface area contributed by atoms with Crippen molar-refractivity contribution < 1.29 is 0 Å². The fourth-order valence-corrected chi connectivity index (χ4v) is 2.18. The van der Waals surface area contributed by atoms with Gasteiger partial charge in [0.1, 0.15) is 11.0 Å². The highest BCUT2D eigenvalue weighted by Crippen LogP contribution is 2.32. The molecule has 0 radical (unpaired) electrons. The summed E-state index contributed by atoms with van der Waals surface area (Å²) in [6.45, 7) is 2.04. The van der Waals surface area contributed by atoms with E-state index in [4.69, 9.17) is 17.3 Å². The van der Waals surface area contributed by atoms with Crippen molar-refractivity contribution in [2.75, 3.05) is 16.8 Å². The Labute approximate surface area is 110 Å². The third-order valence-electron chi connectivity index (χ3n) is 2.05. The van der Waals surface area contributed by atoms with Crippen molar-refractivity contribution in [3.8, 4) is 0 Å². The van der Waals surface area contributed by atoms with Crippen LogP contribution in [0, 0.1) is 0 Å². The minimum Gasteiger partial charge on any atom is -0.383 e. The van der Waals surface area contributed by atoms with E-state index in [2.05, 4.69) is 15.3 Å². The number of thioether (sulfide) groups is 1. The van der Waals surface area contributed by atoms with Crippen molar-refractivity contribution >= 4 is 47.5 Å². The molecule has 1 aliphatic carbocycles. The summed E-state index contributed by atoms with van der Waals surface area (Å²) >= 11 is 7.59. The van der Waals surface area contributed by atoms with Gasteiger partial charge in [-0.05, 0) is 18.6 Å². The summed E-state index contributed by atoms with van der Waals surface area (Å²) in [7, 11) is 0. The summed E-state index contributed by atoms with van der Waals surface area (Å²) in [6.07, 6.45) is 2.35. The number of hydrogen-bond acceptors (Lipinski definition) is 5. The predicted molar refractivity (Wildman–Crippen MR) is 71.7 cm³/mol. The molecule has 0 aromatic carbocycles. The summed E-state index contributed by atoms with van der Waals surface area (Å²) in [5.74, 6) is 1.91. The van der Waals surface area contributed by atoms with Gasteiger partial charge in [-0.25, -0.2) is 0 Å². The highest BCUT2D eigenvalue weighted by Gasteiger charge is 2.22. The number of nitrogens with one attached hydrogen (secondary N) is 1. The Morgan fingerprint density at radius 3 is 2.69 bits per heavy atom. The number of rotatable bonds is 4. The molecule has 3 N–H and O–H groups in total. The fraction of sp³-hybridized carbons (Fsp3) is 0.556. The standard InChI is InChI=1S/C9H13ClN4S.ClH/c1-2-15-6-7(10)13-9(14-8(6)11)12-5-3-4-5;/h5H,2-4H2,1H3,(H3,11,12,13,14);1H. The van der Waals surface area contributed by atoms with Crippen molar-refractivity contribution in [3.05, 3.63) is 5.15 Å². The number of hydrogen-bond donors (Lipinski definition) is 2. The lowest BCUT2D eigenvalue weighted by atomic mass is 10.6. The third kappa shape index (κ3) is 3.30. The van der Waals surface area contributed by atoms with Crippen molar-refractivity contribution in [2.24, 2.45) is 0 Å². The van der Waals surface area contributed by atoms with Crippen molar-refractivity contribution in [1.29, 1.82) is 0 Å². The second kappa shape index (κ2) is 5.80. The molecule has 0 bridgehead atoms. The number of nitrogen functional groups attached to an aromatic ring is 1. The van der Waals surface area contributed by atoms with Crippen LogP contribution in [0.25, 0.3) is 0 Å². The van der Waals surface area contributed by atoms with Crippen molar-refractivity contribution in [3.63, 3.8) is 0 Å². The molecule has 1 heterocycles. The van der Waals surface area contributed by atoms with Crippen LogP contribution < -0.4 is 11.1 Å². The van der Waals surface area contributed by atoms with Gasteiger partial charge >= 0.3 is 0 Å². The van der Waals surface area contributed by atoms with Gasteiger partial charge < -0.3 is 11.1 Å². The molecule has 1 saturated carbocycles. The molecule has 0 spiro atoms. The largest absolute Gasteiger partial charge is 0.383 e. The first-order valence-corrected chi connectivity index (χ1v) is 6.29. The van der Waals surface area contributed by atoms with Gasteiger partial charge in [-0.2, -0.15) is 9.97 Å².